The van der Waals surface area contributed by atoms with Crippen molar-refractivity contribution >= 4 is 34.0 Å². The van der Waals surface area contributed by atoms with E-state index < -0.39 is 0 Å². The first-order valence-electron chi connectivity index (χ1n) is 13.2. The van der Waals surface area contributed by atoms with Crippen LogP contribution < -0.4 is 5.32 Å². The normalized spacial score (nSPS) is 11.8. The first-order chi connectivity index (χ1) is 13.8. The van der Waals surface area contributed by atoms with Gasteiger partial charge in [-0.05, 0) is 25.7 Å². The predicted octanol–water partition coefficient (Wildman–Crippen LogP) is 8.08. The molecule has 0 saturated carbocycles. The van der Waals surface area contributed by atoms with Crippen LogP contribution in [0, 0.1) is 0 Å². The van der Waals surface area contributed by atoms with E-state index in [1.165, 1.54) is 116 Å². The molecule has 1 N–H and O–H groups in total. The molecular weight excluding hydrogens is 514 g/mol. The fourth-order valence-electron chi connectivity index (χ4n) is 4.16. The van der Waals surface area contributed by atoms with Gasteiger partial charge in [0.2, 0.25) is 0 Å². The lowest BCUT2D eigenvalue weighted by molar-refractivity contribution is -0.914. The van der Waals surface area contributed by atoms with Gasteiger partial charge in [-0.25, -0.2) is 5.32 Å². The summed E-state index contributed by atoms with van der Waals surface area (Å²) in [5.74, 6) is 0. The Morgan fingerprint density at radius 2 is 0.677 bits per heavy atom. The van der Waals surface area contributed by atoms with Crippen LogP contribution >= 0.6 is 34.0 Å². The van der Waals surface area contributed by atoms with Crippen LogP contribution in [-0.2, 0) is 0 Å². The zero-order chi connectivity index (χ0) is 21.8. The monoisotopic (exact) mass is 573 g/mol. The lowest BCUT2D eigenvalue weighted by Crippen LogP contribution is -2.53. The molecule has 0 aromatic heterocycles. The number of nitrogens with zero attached hydrogens (tertiary/aromatic N) is 2. The third kappa shape index (κ3) is 27.0. The third-order valence-corrected chi connectivity index (χ3v) is 6.31. The quantitative estimate of drug-likeness (QED) is 0.0782. The van der Waals surface area contributed by atoms with E-state index in [0.717, 1.165) is 22.3 Å². The fraction of sp³-hybridized carbons (Fsp3) is 1.00. The van der Waals surface area contributed by atoms with Crippen LogP contribution in [0.15, 0.2) is 0 Å². The molecule has 5 heteroatoms. The van der Waals surface area contributed by atoms with Gasteiger partial charge in [0, 0.05) is 0 Å². The molecule has 31 heavy (non-hydrogen) atoms. The number of quaternary nitrogens is 2. The van der Waals surface area contributed by atoms with Crippen molar-refractivity contribution in [1.82, 2.24) is 5.32 Å². The molecular formula is C26H61Br2N3+2. The maximum Gasteiger partial charge on any atom is 0.136 e. The number of unbranched alkanes of at least 4 members (excludes halogenated alkanes) is 14. The molecule has 0 aromatic carbocycles. The fourth-order valence-corrected chi connectivity index (χ4v) is 4.16. The van der Waals surface area contributed by atoms with E-state index in [4.69, 9.17) is 0 Å². The maximum atomic E-state index is 3.76. The molecule has 0 bridgehead atoms. The molecule has 0 aliphatic carbocycles. The lowest BCUT2D eigenvalue weighted by Gasteiger charge is -2.34. The van der Waals surface area contributed by atoms with Crippen LogP contribution in [0.5, 0.6) is 0 Å². The summed E-state index contributed by atoms with van der Waals surface area (Å²) in [4.78, 5) is 0. The largest absolute Gasteiger partial charge is 0.316 e. The van der Waals surface area contributed by atoms with Gasteiger partial charge in [0.1, 0.15) is 13.3 Å². The van der Waals surface area contributed by atoms with Crippen molar-refractivity contribution in [1.29, 1.82) is 0 Å². The van der Waals surface area contributed by atoms with Crippen LogP contribution in [0.1, 0.15) is 117 Å². The molecule has 0 unspecified atom stereocenters. The van der Waals surface area contributed by atoms with Gasteiger partial charge in [-0.3, -0.25) is 0 Å². The second-order valence-corrected chi connectivity index (χ2v) is 10.8. The Kier molecular flexibility index (Phi) is 28.2. The summed E-state index contributed by atoms with van der Waals surface area (Å²) in [7, 11) is 9.53. The number of halogens is 2. The van der Waals surface area contributed by atoms with Gasteiger partial charge in [-0.1, -0.05) is 90.9 Å². The van der Waals surface area contributed by atoms with Crippen molar-refractivity contribution in [3.8, 4) is 0 Å². The molecule has 0 aliphatic heterocycles. The molecule has 0 heterocycles. The minimum absolute atomic E-state index is 0. The van der Waals surface area contributed by atoms with E-state index in [9.17, 15) is 0 Å². The average Bonchev–Trinajstić information content (AvgIpc) is 2.65. The highest BCUT2D eigenvalue weighted by Crippen LogP contribution is 2.11. The van der Waals surface area contributed by atoms with Crippen molar-refractivity contribution in [2.75, 3.05) is 54.6 Å². The van der Waals surface area contributed by atoms with Crippen LogP contribution in [0.25, 0.3) is 0 Å². The van der Waals surface area contributed by atoms with Gasteiger partial charge in [0.05, 0.1) is 41.3 Å². The highest BCUT2D eigenvalue weighted by atomic mass is 79.9. The lowest BCUT2D eigenvalue weighted by atomic mass is 10.1. The Morgan fingerprint density at radius 3 is 0.968 bits per heavy atom. The van der Waals surface area contributed by atoms with Crippen LogP contribution in [0.2, 0.25) is 0 Å². The topological polar surface area (TPSA) is 12.0 Å². The molecule has 0 saturated heterocycles. The van der Waals surface area contributed by atoms with E-state index in [-0.39, 0.29) is 34.0 Å². The predicted molar refractivity (Wildman–Crippen MR) is 153 cm³/mol. The molecule has 0 fully saturated rings. The molecule has 0 atom stereocenters. The summed E-state index contributed by atoms with van der Waals surface area (Å²) in [6.07, 6.45) is 22.6. The van der Waals surface area contributed by atoms with Gasteiger partial charge in [-0.2, -0.15) is 0 Å². The minimum Gasteiger partial charge on any atom is -0.316 e. The van der Waals surface area contributed by atoms with Crippen molar-refractivity contribution < 1.29 is 8.97 Å². The Balaban J connectivity index is -0.00000392. The second-order valence-electron chi connectivity index (χ2n) is 10.8. The molecule has 0 radical (unpaired) electrons. The third-order valence-electron chi connectivity index (χ3n) is 6.31. The summed E-state index contributed by atoms with van der Waals surface area (Å²) < 4.78 is 2.21. The molecule has 0 aromatic rings. The van der Waals surface area contributed by atoms with Crippen LogP contribution in [-0.4, -0.2) is 63.6 Å². The summed E-state index contributed by atoms with van der Waals surface area (Å²) in [5, 5.41) is 3.76. The molecule has 3 nitrogen and oxygen atoms in total. The van der Waals surface area contributed by atoms with Crippen LogP contribution in [0.3, 0.4) is 0 Å². The van der Waals surface area contributed by atoms with E-state index in [1.54, 1.807) is 0 Å². The number of hydrogen-bond acceptors (Lipinski definition) is 1. The summed E-state index contributed by atoms with van der Waals surface area (Å²) in [6.45, 7) is 9.38. The summed E-state index contributed by atoms with van der Waals surface area (Å²) in [5.41, 5.74) is 0. The highest BCUT2D eigenvalue weighted by Gasteiger charge is 2.18. The molecule has 192 valence electrons. The van der Waals surface area contributed by atoms with Crippen molar-refractivity contribution in [2.24, 2.45) is 0 Å². The van der Waals surface area contributed by atoms with Crippen molar-refractivity contribution in [3.63, 3.8) is 0 Å². The Hall–Kier alpha value is 0.840. The van der Waals surface area contributed by atoms with Gasteiger partial charge in [0.15, 0.2) is 0 Å². The SMILES string of the molecule is Br.Br.CCCCCCCCCC[N+](C)(C)CNC[N+](C)(C)CCCCCCCCCC. The Bertz CT molecular complexity index is 318. The average molecular weight is 576 g/mol. The number of nitrogens with one attached hydrogen (secondary N) is 1. The molecule has 0 spiro atoms. The van der Waals surface area contributed by atoms with Gasteiger partial charge < -0.3 is 8.97 Å². The second kappa shape index (κ2) is 24.0. The van der Waals surface area contributed by atoms with E-state index in [2.05, 4.69) is 47.4 Å². The van der Waals surface area contributed by atoms with Gasteiger partial charge in [-0.15, -0.1) is 34.0 Å². The summed E-state index contributed by atoms with van der Waals surface area (Å²) >= 11 is 0. The Labute approximate surface area is 218 Å². The Morgan fingerprint density at radius 1 is 0.419 bits per heavy atom. The zero-order valence-corrected chi connectivity index (χ0v) is 25.8. The van der Waals surface area contributed by atoms with Crippen molar-refractivity contribution in [3.05, 3.63) is 0 Å². The standard InChI is InChI=1S/C26H59N3.2BrH/c1-7-9-11-13-15-17-19-21-23-28(3,4)25-27-26-29(5,6)24-22-20-18-16-14-12-10-8-2;;/h27H,7-26H2,1-6H3;2*1H/q+2;;. The number of hydrogen-bond donors (Lipinski definition) is 1. The molecule has 0 amide bonds. The van der Waals surface area contributed by atoms with Gasteiger partial charge >= 0.3 is 0 Å². The number of rotatable bonds is 22. The molecule has 0 rings (SSSR count). The van der Waals surface area contributed by atoms with Gasteiger partial charge in [0.25, 0.3) is 0 Å². The van der Waals surface area contributed by atoms with Crippen molar-refractivity contribution in [2.45, 2.75) is 117 Å². The molecule has 0 aliphatic rings. The highest BCUT2D eigenvalue weighted by molar-refractivity contribution is 8.93. The zero-order valence-electron chi connectivity index (χ0n) is 22.4. The first-order valence-corrected chi connectivity index (χ1v) is 13.2. The minimum atomic E-state index is 0. The van der Waals surface area contributed by atoms with E-state index in [1.807, 2.05) is 0 Å². The van der Waals surface area contributed by atoms with Crippen LogP contribution in [0.4, 0.5) is 0 Å². The van der Waals surface area contributed by atoms with E-state index in [0.29, 0.717) is 0 Å². The first kappa shape index (κ1) is 36.4. The summed E-state index contributed by atoms with van der Waals surface area (Å²) in [6, 6.07) is 0. The maximum absolute atomic E-state index is 3.76. The van der Waals surface area contributed by atoms with E-state index >= 15 is 0 Å². The smallest absolute Gasteiger partial charge is 0.136 e.